The Labute approximate surface area is 284 Å². The standard InChI is InChI=1S/C20H26O8.C13H20O8/c1-12-17(11-24-13(2)21)28-20(27-15(4)23)19(18(12)26-14(3)22)25-10-16-8-6-5-7-9-16;1-6-10(5-18-7(2)14)21-13(20-9(4)16)11(17)12(6)19-8(3)15/h5-9,12,17-20H,10-11H2,1-4H3;6,10-13,17H,5H2,1-4H3/t12-,17-,18+,19-,20-;6-,10+,11+,12+,13?/m01/s1. The molecule has 2 aliphatic heterocycles. The van der Waals surface area contributed by atoms with Crippen LogP contribution in [0.15, 0.2) is 30.3 Å². The van der Waals surface area contributed by atoms with Gasteiger partial charge < -0.3 is 47.7 Å². The van der Waals surface area contributed by atoms with Gasteiger partial charge in [0.25, 0.3) is 0 Å². The lowest BCUT2D eigenvalue weighted by Crippen LogP contribution is -2.58. The largest absolute Gasteiger partial charge is 0.463 e. The first-order valence-electron chi connectivity index (χ1n) is 15.6. The molecular formula is C33H46O16. The van der Waals surface area contributed by atoms with E-state index >= 15 is 0 Å². The third kappa shape index (κ3) is 13.7. The molecule has 0 radical (unpaired) electrons. The maximum atomic E-state index is 11.7. The molecule has 0 amide bonds. The smallest absolute Gasteiger partial charge is 0.305 e. The molecule has 1 unspecified atom stereocenters. The molecule has 2 aliphatic rings. The van der Waals surface area contributed by atoms with Crippen molar-refractivity contribution in [3.63, 3.8) is 0 Å². The van der Waals surface area contributed by atoms with Crippen LogP contribution in [0.1, 0.15) is 61.0 Å². The summed E-state index contributed by atoms with van der Waals surface area (Å²) < 4.78 is 47.8. The summed E-state index contributed by atoms with van der Waals surface area (Å²) in [5.74, 6) is -4.08. The molecule has 1 N–H and O–H groups in total. The molecule has 2 fully saturated rings. The number of aliphatic hydroxyl groups is 1. The topological polar surface area (TPSA) is 206 Å². The fourth-order valence-electron chi connectivity index (χ4n) is 5.07. The molecule has 1 aromatic carbocycles. The number of aliphatic hydroxyl groups excluding tert-OH is 1. The van der Waals surface area contributed by atoms with Gasteiger partial charge in [0.2, 0.25) is 12.6 Å². The Bertz CT molecular complexity index is 1270. The van der Waals surface area contributed by atoms with Gasteiger partial charge in [-0.1, -0.05) is 44.2 Å². The van der Waals surface area contributed by atoms with E-state index in [1.165, 1.54) is 34.6 Å². The number of hydrogen-bond donors (Lipinski definition) is 1. The maximum absolute atomic E-state index is 11.7. The monoisotopic (exact) mass is 698 g/mol. The summed E-state index contributed by atoms with van der Waals surface area (Å²) in [6.07, 6.45) is -7.54. The van der Waals surface area contributed by atoms with Crippen LogP contribution in [0.2, 0.25) is 0 Å². The lowest BCUT2D eigenvalue weighted by molar-refractivity contribution is -0.293. The van der Waals surface area contributed by atoms with Crippen molar-refractivity contribution in [1.29, 1.82) is 0 Å². The molecule has 16 nitrogen and oxygen atoms in total. The molecule has 0 aromatic heterocycles. The molecule has 274 valence electrons. The molecule has 1 aromatic rings. The van der Waals surface area contributed by atoms with E-state index in [0.717, 1.165) is 12.5 Å². The predicted molar refractivity (Wildman–Crippen MR) is 165 cm³/mol. The number of benzene rings is 1. The highest BCUT2D eigenvalue weighted by atomic mass is 16.7. The summed E-state index contributed by atoms with van der Waals surface area (Å²) in [5.41, 5.74) is 0.903. The average Bonchev–Trinajstić information content (AvgIpc) is 3.00. The summed E-state index contributed by atoms with van der Waals surface area (Å²) in [4.78, 5) is 67.4. The van der Waals surface area contributed by atoms with Gasteiger partial charge >= 0.3 is 35.8 Å². The SMILES string of the molecule is CC(=O)OC[C@@H]1OC(OC(C)=O)[C@@H](O)[C@@H](OC(C)=O)[C@@H]1C.CC(=O)OC[C@@H]1O[C@H](OC(C)=O)[C@@H](OCc2ccccc2)[C@H](OC(C)=O)[C@H]1C. The molecule has 16 heteroatoms. The maximum Gasteiger partial charge on any atom is 0.305 e. The zero-order valence-electron chi connectivity index (χ0n) is 28.9. The quantitative estimate of drug-likeness (QED) is 0.258. The normalized spacial score (nSPS) is 29.2. The highest BCUT2D eigenvalue weighted by Gasteiger charge is 2.49. The summed E-state index contributed by atoms with van der Waals surface area (Å²) in [6, 6.07) is 9.41. The second-order valence-electron chi connectivity index (χ2n) is 11.5. The lowest BCUT2D eigenvalue weighted by atomic mass is 9.90. The second kappa shape index (κ2) is 19.8. The van der Waals surface area contributed by atoms with E-state index in [9.17, 15) is 33.9 Å². The van der Waals surface area contributed by atoms with Crippen LogP contribution in [0.5, 0.6) is 0 Å². The van der Waals surface area contributed by atoms with Gasteiger partial charge in [0.15, 0.2) is 12.2 Å². The van der Waals surface area contributed by atoms with Crippen LogP contribution in [-0.2, 0) is 78.0 Å². The van der Waals surface area contributed by atoms with Gasteiger partial charge in [-0.2, -0.15) is 0 Å². The van der Waals surface area contributed by atoms with E-state index in [4.69, 9.17) is 42.6 Å². The number of ether oxygens (including phenoxy) is 9. The molecule has 0 aliphatic carbocycles. The fourth-order valence-corrected chi connectivity index (χ4v) is 5.07. The second-order valence-corrected chi connectivity index (χ2v) is 11.5. The van der Waals surface area contributed by atoms with Crippen LogP contribution >= 0.6 is 0 Å². The van der Waals surface area contributed by atoms with E-state index in [2.05, 4.69) is 0 Å². The van der Waals surface area contributed by atoms with Crippen LogP contribution in [0, 0.1) is 11.8 Å². The first kappa shape index (κ1) is 41.1. The van der Waals surface area contributed by atoms with E-state index in [0.29, 0.717) is 0 Å². The van der Waals surface area contributed by atoms with Crippen LogP contribution < -0.4 is 0 Å². The van der Waals surface area contributed by atoms with Gasteiger partial charge in [0, 0.05) is 53.4 Å². The highest BCUT2D eigenvalue weighted by Crippen LogP contribution is 2.32. The fraction of sp³-hybridized carbons (Fsp3) is 0.636. The van der Waals surface area contributed by atoms with Crippen molar-refractivity contribution < 1.29 is 76.5 Å². The Morgan fingerprint density at radius 3 is 1.49 bits per heavy atom. The van der Waals surface area contributed by atoms with Gasteiger partial charge in [-0.25, -0.2) is 0 Å². The number of hydrogen-bond acceptors (Lipinski definition) is 16. The first-order chi connectivity index (χ1) is 23.0. The molecule has 0 bridgehead atoms. The van der Waals surface area contributed by atoms with Gasteiger partial charge in [-0.15, -0.1) is 0 Å². The van der Waals surface area contributed by atoms with Crippen molar-refractivity contribution in [3.8, 4) is 0 Å². The average molecular weight is 699 g/mol. The van der Waals surface area contributed by atoms with Crippen LogP contribution in [0.3, 0.4) is 0 Å². The van der Waals surface area contributed by atoms with Gasteiger partial charge in [0.05, 0.1) is 6.61 Å². The van der Waals surface area contributed by atoms with Crippen molar-refractivity contribution in [3.05, 3.63) is 35.9 Å². The molecule has 2 heterocycles. The summed E-state index contributed by atoms with van der Waals surface area (Å²) >= 11 is 0. The third-order valence-corrected chi connectivity index (χ3v) is 7.39. The molecule has 3 rings (SSSR count). The number of carbonyl (C=O) groups is 6. The minimum absolute atomic E-state index is 0.0581. The van der Waals surface area contributed by atoms with E-state index in [-0.39, 0.29) is 25.7 Å². The Morgan fingerprint density at radius 1 is 0.592 bits per heavy atom. The molecule has 10 atom stereocenters. The van der Waals surface area contributed by atoms with E-state index in [1.807, 2.05) is 30.3 Å². The summed E-state index contributed by atoms with van der Waals surface area (Å²) in [7, 11) is 0. The molecule has 0 saturated carbocycles. The van der Waals surface area contributed by atoms with Gasteiger partial charge in [0.1, 0.15) is 37.6 Å². The minimum atomic E-state index is -1.32. The number of rotatable bonds is 11. The Kier molecular flexibility index (Phi) is 16.6. The van der Waals surface area contributed by atoms with Crippen LogP contribution in [0.25, 0.3) is 0 Å². The number of esters is 6. The minimum Gasteiger partial charge on any atom is -0.463 e. The first-order valence-corrected chi connectivity index (χ1v) is 15.6. The van der Waals surface area contributed by atoms with E-state index in [1.54, 1.807) is 13.8 Å². The molecule has 49 heavy (non-hydrogen) atoms. The zero-order valence-corrected chi connectivity index (χ0v) is 28.9. The predicted octanol–water partition coefficient (Wildman–Crippen LogP) is 1.76. The van der Waals surface area contributed by atoms with Crippen molar-refractivity contribution >= 4 is 35.8 Å². The van der Waals surface area contributed by atoms with Crippen molar-refractivity contribution in [2.24, 2.45) is 11.8 Å². The van der Waals surface area contributed by atoms with Crippen molar-refractivity contribution in [2.75, 3.05) is 13.2 Å². The molecule has 2 saturated heterocycles. The van der Waals surface area contributed by atoms with Crippen molar-refractivity contribution in [2.45, 2.75) is 111 Å². The van der Waals surface area contributed by atoms with Gasteiger partial charge in [-0.3, -0.25) is 28.8 Å². The van der Waals surface area contributed by atoms with E-state index < -0.39 is 90.9 Å². The Balaban J connectivity index is 0.000000355. The highest BCUT2D eigenvalue weighted by molar-refractivity contribution is 5.68. The van der Waals surface area contributed by atoms with Crippen molar-refractivity contribution in [1.82, 2.24) is 0 Å². The summed E-state index contributed by atoms with van der Waals surface area (Å²) in [6.45, 7) is 11.0. The lowest BCUT2D eigenvalue weighted by Gasteiger charge is -2.43. The number of carbonyl (C=O) groups excluding carboxylic acids is 6. The zero-order chi connectivity index (χ0) is 36.8. The summed E-state index contributed by atoms with van der Waals surface area (Å²) in [5, 5.41) is 10.1. The van der Waals surface area contributed by atoms with Crippen LogP contribution in [-0.4, -0.2) is 103 Å². The Hall–Kier alpha value is -4.12. The third-order valence-electron chi connectivity index (χ3n) is 7.39. The Morgan fingerprint density at radius 2 is 1.02 bits per heavy atom. The van der Waals surface area contributed by atoms with Crippen LogP contribution in [0.4, 0.5) is 0 Å². The molecular weight excluding hydrogens is 652 g/mol. The molecule has 0 spiro atoms. The van der Waals surface area contributed by atoms with Gasteiger partial charge in [-0.05, 0) is 5.56 Å².